The second kappa shape index (κ2) is 5.92. The Bertz CT molecular complexity index is 567. The Labute approximate surface area is 116 Å². The smallest absolute Gasteiger partial charge is 0.276 e. The Morgan fingerprint density at radius 2 is 1.90 bits per heavy atom. The minimum Gasteiger partial charge on any atom is -0.384 e. The maximum Gasteiger partial charge on any atom is 0.276 e. The second-order valence-corrected chi connectivity index (χ2v) is 4.51. The molecule has 2 nitrogen and oxygen atoms in total. The summed E-state index contributed by atoms with van der Waals surface area (Å²) in [6, 6.07) is 9.12. The summed E-state index contributed by atoms with van der Waals surface area (Å²) in [7, 11) is 0. The van der Waals surface area contributed by atoms with E-state index < -0.39 is 18.4 Å². The normalized spacial score (nSPS) is 12.9. The van der Waals surface area contributed by atoms with Gasteiger partial charge in [0.2, 0.25) is 0 Å². The van der Waals surface area contributed by atoms with E-state index >= 15 is 0 Å². The highest BCUT2D eigenvalue weighted by Gasteiger charge is 2.29. The van der Waals surface area contributed by atoms with Gasteiger partial charge in [-0.2, -0.15) is 0 Å². The van der Waals surface area contributed by atoms with Gasteiger partial charge in [-0.05, 0) is 11.6 Å². The van der Waals surface area contributed by atoms with Crippen LogP contribution < -0.4 is 0 Å². The topological polar surface area (TPSA) is 33.1 Å². The summed E-state index contributed by atoms with van der Waals surface area (Å²) in [6.45, 7) is 3.33. The molecule has 1 heterocycles. The maximum atomic E-state index is 13.7. The fraction of sp³-hybridized carbons (Fsp3) is 0.188. The number of hydrogen-bond acceptors (Lipinski definition) is 2. The van der Waals surface area contributed by atoms with Gasteiger partial charge >= 0.3 is 0 Å². The van der Waals surface area contributed by atoms with Gasteiger partial charge in [0.15, 0.2) is 0 Å². The molecule has 1 unspecified atom stereocenters. The van der Waals surface area contributed by atoms with E-state index in [1.807, 2.05) is 0 Å². The molecule has 104 valence electrons. The van der Waals surface area contributed by atoms with Crippen LogP contribution in [0.4, 0.5) is 8.78 Å². The standard InChI is InChI=1S/C16H15F2NO/c1-2-9-16(17,18)14-7-5-12(6-8-14)15(20)13-4-3-10-19-11-13/h2-8,10-11,15,20H,1,9H2. The summed E-state index contributed by atoms with van der Waals surface area (Å²) in [4.78, 5) is 3.92. The van der Waals surface area contributed by atoms with Crippen LogP contribution in [0.25, 0.3) is 0 Å². The number of nitrogens with zero attached hydrogens (tertiary/aromatic N) is 1. The molecule has 0 saturated heterocycles. The summed E-state index contributed by atoms with van der Waals surface area (Å²) in [6.07, 6.45) is 3.07. The van der Waals surface area contributed by atoms with Crippen LogP contribution >= 0.6 is 0 Å². The molecule has 1 aromatic carbocycles. The third-order valence-electron chi connectivity index (χ3n) is 3.05. The van der Waals surface area contributed by atoms with Crippen molar-refractivity contribution in [1.82, 2.24) is 4.98 Å². The first-order valence-electron chi connectivity index (χ1n) is 6.22. The third-order valence-corrected chi connectivity index (χ3v) is 3.05. The Morgan fingerprint density at radius 3 is 2.45 bits per heavy atom. The largest absolute Gasteiger partial charge is 0.384 e. The van der Waals surface area contributed by atoms with Gasteiger partial charge in [-0.3, -0.25) is 4.98 Å². The number of aromatic nitrogens is 1. The first-order chi connectivity index (χ1) is 9.54. The molecule has 0 radical (unpaired) electrons. The minimum absolute atomic E-state index is 0.0838. The van der Waals surface area contributed by atoms with E-state index in [1.54, 1.807) is 24.5 Å². The quantitative estimate of drug-likeness (QED) is 0.841. The third kappa shape index (κ3) is 3.08. The van der Waals surface area contributed by atoms with Crippen molar-refractivity contribution in [3.8, 4) is 0 Å². The van der Waals surface area contributed by atoms with Gasteiger partial charge in [-0.1, -0.05) is 36.4 Å². The van der Waals surface area contributed by atoms with Crippen molar-refractivity contribution < 1.29 is 13.9 Å². The molecule has 0 aliphatic rings. The molecule has 1 aromatic heterocycles. The van der Waals surface area contributed by atoms with Crippen molar-refractivity contribution >= 4 is 0 Å². The molecular formula is C16H15F2NO. The minimum atomic E-state index is -2.93. The molecule has 20 heavy (non-hydrogen) atoms. The molecule has 0 bridgehead atoms. The highest BCUT2D eigenvalue weighted by molar-refractivity contribution is 5.32. The number of benzene rings is 1. The van der Waals surface area contributed by atoms with Crippen LogP contribution in [0.15, 0.2) is 61.4 Å². The Morgan fingerprint density at radius 1 is 1.20 bits per heavy atom. The fourth-order valence-electron chi connectivity index (χ4n) is 1.94. The predicted molar refractivity (Wildman–Crippen MR) is 73.4 cm³/mol. The molecule has 1 atom stereocenters. The summed E-state index contributed by atoms with van der Waals surface area (Å²) in [5.41, 5.74) is 1.09. The lowest BCUT2D eigenvalue weighted by Crippen LogP contribution is -2.12. The molecule has 0 aliphatic heterocycles. The molecular weight excluding hydrogens is 260 g/mol. The lowest BCUT2D eigenvalue weighted by Gasteiger charge is -2.16. The Hall–Kier alpha value is -2.07. The van der Waals surface area contributed by atoms with Crippen LogP contribution in [-0.2, 0) is 5.92 Å². The zero-order chi connectivity index (χ0) is 14.6. The van der Waals surface area contributed by atoms with Crippen molar-refractivity contribution in [2.75, 3.05) is 0 Å². The average molecular weight is 275 g/mol. The van der Waals surface area contributed by atoms with Crippen molar-refractivity contribution in [1.29, 1.82) is 0 Å². The van der Waals surface area contributed by atoms with Gasteiger partial charge in [-0.25, -0.2) is 8.78 Å². The highest BCUT2D eigenvalue weighted by Crippen LogP contribution is 2.33. The van der Waals surface area contributed by atoms with Crippen LogP contribution in [-0.4, -0.2) is 10.1 Å². The summed E-state index contributed by atoms with van der Waals surface area (Å²) in [5.74, 6) is -2.93. The molecule has 4 heteroatoms. The highest BCUT2D eigenvalue weighted by atomic mass is 19.3. The number of hydrogen-bond donors (Lipinski definition) is 1. The summed E-state index contributed by atoms with van der Waals surface area (Å²) >= 11 is 0. The zero-order valence-electron chi connectivity index (χ0n) is 10.8. The summed E-state index contributed by atoms with van der Waals surface area (Å²) in [5, 5.41) is 10.1. The number of aliphatic hydroxyl groups excluding tert-OH is 1. The fourth-order valence-corrected chi connectivity index (χ4v) is 1.94. The van der Waals surface area contributed by atoms with Gasteiger partial charge < -0.3 is 5.11 Å². The van der Waals surface area contributed by atoms with E-state index in [0.29, 0.717) is 11.1 Å². The van der Waals surface area contributed by atoms with Gasteiger partial charge in [0, 0.05) is 29.9 Å². The van der Waals surface area contributed by atoms with Crippen LogP contribution in [0.1, 0.15) is 29.2 Å². The number of allylic oxidation sites excluding steroid dienone is 1. The molecule has 1 N–H and O–H groups in total. The van der Waals surface area contributed by atoms with Crippen molar-refractivity contribution in [3.05, 3.63) is 78.1 Å². The van der Waals surface area contributed by atoms with Crippen molar-refractivity contribution in [3.63, 3.8) is 0 Å². The molecule has 0 aliphatic carbocycles. The van der Waals surface area contributed by atoms with E-state index in [-0.39, 0.29) is 5.56 Å². The lowest BCUT2D eigenvalue weighted by atomic mass is 9.99. The van der Waals surface area contributed by atoms with Crippen LogP contribution in [0.2, 0.25) is 0 Å². The van der Waals surface area contributed by atoms with Crippen LogP contribution in [0, 0.1) is 0 Å². The Kier molecular flexibility index (Phi) is 4.25. The van der Waals surface area contributed by atoms with Crippen LogP contribution in [0.3, 0.4) is 0 Å². The Balaban J connectivity index is 2.22. The van der Waals surface area contributed by atoms with Crippen LogP contribution in [0.5, 0.6) is 0 Å². The lowest BCUT2D eigenvalue weighted by molar-refractivity contribution is -0.000903. The van der Waals surface area contributed by atoms with E-state index in [4.69, 9.17) is 0 Å². The molecule has 0 fully saturated rings. The van der Waals surface area contributed by atoms with E-state index in [1.165, 1.54) is 30.3 Å². The van der Waals surface area contributed by atoms with Gasteiger partial charge in [0.1, 0.15) is 6.10 Å². The molecule has 2 aromatic rings. The maximum absolute atomic E-state index is 13.7. The van der Waals surface area contributed by atoms with Crippen molar-refractivity contribution in [2.24, 2.45) is 0 Å². The number of pyridine rings is 1. The monoisotopic (exact) mass is 275 g/mol. The van der Waals surface area contributed by atoms with E-state index in [9.17, 15) is 13.9 Å². The predicted octanol–water partition coefficient (Wildman–Crippen LogP) is 3.83. The average Bonchev–Trinajstić information content (AvgIpc) is 2.47. The molecule has 0 saturated carbocycles. The second-order valence-electron chi connectivity index (χ2n) is 4.51. The SMILES string of the molecule is C=CCC(F)(F)c1ccc(C(O)c2cccnc2)cc1. The van der Waals surface area contributed by atoms with Crippen molar-refractivity contribution in [2.45, 2.75) is 18.4 Å². The van der Waals surface area contributed by atoms with E-state index in [2.05, 4.69) is 11.6 Å². The van der Waals surface area contributed by atoms with Gasteiger partial charge in [0.25, 0.3) is 5.92 Å². The van der Waals surface area contributed by atoms with Gasteiger partial charge in [-0.15, -0.1) is 6.58 Å². The van der Waals surface area contributed by atoms with E-state index in [0.717, 1.165) is 0 Å². The number of rotatable bonds is 5. The zero-order valence-corrected chi connectivity index (χ0v) is 10.8. The van der Waals surface area contributed by atoms with Gasteiger partial charge in [0.05, 0.1) is 0 Å². The first-order valence-corrected chi connectivity index (χ1v) is 6.22. The number of aliphatic hydroxyl groups is 1. The molecule has 2 rings (SSSR count). The molecule has 0 amide bonds. The number of alkyl halides is 2. The molecule has 0 spiro atoms. The first kappa shape index (κ1) is 14.3. The number of halogens is 2. The summed E-state index contributed by atoms with van der Waals surface area (Å²) < 4.78 is 27.3.